The van der Waals surface area contributed by atoms with Gasteiger partial charge in [-0.1, -0.05) is 19.1 Å². The van der Waals surface area contributed by atoms with Gasteiger partial charge in [-0.3, -0.25) is 0 Å². The van der Waals surface area contributed by atoms with Crippen molar-refractivity contribution in [2.45, 2.75) is 38.8 Å². The molecule has 0 fully saturated rings. The van der Waals surface area contributed by atoms with E-state index in [4.69, 9.17) is 0 Å². The summed E-state index contributed by atoms with van der Waals surface area (Å²) < 4.78 is 0. The predicted molar refractivity (Wildman–Crippen MR) is 71.3 cm³/mol. The quantitative estimate of drug-likeness (QED) is 0.729. The van der Waals surface area contributed by atoms with Crippen LogP contribution in [-0.2, 0) is 13.0 Å². The van der Waals surface area contributed by atoms with E-state index in [2.05, 4.69) is 28.8 Å². The van der Waals surface area contributed by atoms with E-state index >= 15 is 0 Å². The van der Waals surface area contributed by atoms with E-state index in [-0.39, 0.29) is 6.10 Å². The molecule has 1 aliphatic rings. The van der Waals surface area contributed by atoms with Crippen molar-refractivity contribution in [3.05, 3.63) is 29.3 Å². The molecule has 17 heavy (non-hydrogen) atoms. The number of fused-ring (bicyclic) bond motifs is 1. The second kappa shape index (κ2) is 6.03. The van der Waals surface area contributed by atoms with Gasteiger partial charge in [-0.25, -0.2) is 0 Å². The van der Waals surface area contributed by atoms with E-state index in [1.165, 1.54) is 29.7 Å². The molecule has 0 saturated carbocycles. The number of hydrogen-bond donors (Lipinski definition) is 3. The van der Waals surface area contributed by atoms with Crippen LogP contribution in [0.4, 0.5) is 5.69 Å². The Morgan fingerprint density at radius 3 is 3.18 bits per heavy atom. The second-order valence-electron chi connectivity index (χ2n) is 4.71. The van der Waals surface area contributed by atoms with Crippen molar-refractivity contribution in [1.29, 1.82) is 0 Å². The minimum absolute atomic E-state index is 0.228. The fraction of sp³-hybridized carbons (Fsp3) is 0.571. The van der Waals surface area contributed by atoms with Crippen LogP contribution in [0.5, 0.6) is 0 Å². The van der Waals surface area contributed by atoms with Gasteiger partial charge in [0.15, 0.2) is 0 Å². The van der Waals surface area contributed by atoms with Crippen LogP contribution in [0.15, 0.2) is 18.2 Å². The van der Waals surface area contributed by atoms with E-state index in [0.29, 0.717) is 6.54 Å². The summed E-state index contributed by atoms with van der Waals surface area (Å²) in [6.07, 6.45) is 2.97. The molecule has 1 heterocycles. The number of aryl methyl sites for hydroxylation is 1. The van der Waals surface area contributed by atoms with Crippen LogP contribution < -0.4 is 10.6 Å². The van der Waals surface area contributed by atoms with Crippen molar-refractivity contribution in [3.8, 4) is 0 Å². The van der Waals surface area contributed by atoms with E-state index in [1.54, 1.807) is 0 Å². The Hall–Kier alpha value is -1.06. The molecule has 3 N–H and O–H groups in total. The minimum Gasteiger partial charge on any atom is -0.392 e. The average Bonchev–Trinajstić information content (AvgIpc) is 2.38. The molecule has 1 unspecified atom stereocenters. The number of rotatable bonds is 5. The van der Waals surface area contributed by atoms with Crippen molar-refractivity contribution >= 4 is 5.69 Å². The van der Waals surface area contributed by atoms with Gasteiger partial charge in [-0.2, -0.15) is 0 Å². The van der Waals surface area contributed by atoms with E-state index in [0.717, 1.165) is 19.5 Å². The summed E-state index contributed by atoms with van der Waals surface area (Å²) in [6, 6.07) is 6.59. The van der Waals surface area contributed by atoms with Crippen molar-refractivity contribution in [2.75, 3.05) is 18.4 Å². The van der Waals surface area contributed by atoms with Gasteiger partial charge in [0.2, 0.25) is 0 Å². The Kier molecular flexibility index (Phi) is 4.40. The minimum atomic E-state index is -0.228. The summed E-state index contributed by atoms with van der Waals surface area (Å²) in [6.45, 7) is 4.60. The Balaban J connectivity index is 1.89. The average molecular weight is 234 g/mol. The van der Waals surface area contributed by atoms with Crippen LogP contribution in [0.3, 0.4) is 0 Å². The zero-order chi connectivity index (χ0) is 12.1. The Bertz CT molecular complexity index is 365. The van der Waals surface area contributed by atoms with E-state index in [9.17, 15) is 5.11 Å². The highest BCUT2D eigenvalue weighted by molar-refractivity contribution is 5.54. The first-order valence-electron chi connectivity index (χ1n) is 6.54. The molecule has 0 amide bonds. The number of nitrogens with one attached hydrogen (secondary N) is 2. The molecule has 0 spiro atoms. The second-order valence-corrected chi connectivity index (χ2v) is 4.71. The van der Waals surface area contributed by atoms with Gasteiger partial charge in [0.25, 0.3) is 0 Å². The van der Waals surface area contributed by atoms with Crippen molar-refractivity contribution in [3.63, 3.8) is 0 Å². The third-order valence-electron chi connectivity index (χ3n) is 3.29. The first-order valence-corrected chi connectivity index (χ1v) is 6.54. The van der Waals surface area contributed by atoms with Crippen LogP contribution in [0.2, 0.25) is 0 Å². The molecule has 94 valence electrons. The zero-order valence-corrected chi connectivity index (χ0v) is 10.5. The van der Waals surface area contributed by atoms with Crippen molar-refractivity contribution < 1.29 is 5.11 Å². The predicted octanol–water partition coefficient (Wildman–Crippen LogP) is 1.91. The third kappa shape index (κ3) is 3.45. The summed E-state index contributed by atoms with van der Waals surface area (Å²) in [5.74, 6) is 0. The largest absolute Gasteiger partial charge is 0.392 e. The van der Waals surface area contributed by atoms with Crippen LogP contribution in [-0.4, -0.2) is 24.3 Å². The number of aliphatic hydroxyl groups is 1. The maximum atomic E-state index is 9.46. The summed E-state index contributed by atoms with van der Waals surface area (Å²) in [4.78, 5) is 0. The lowest BCUT2D eigenvalue weighted by Crippen LogP contribution is -2.25. The fourth-order valence-corrected chi connectivity index (χ4v) is 2.17. The molecular formula is C14H22N2O. The Labute approximate surface area is 103 Å². The van der Waals surface area contributed by atoms with Crippen LogP contribution in [0, 0.1) is 0 Å². The molecule has 0 radical (unpaired) electrons. The normalized spacial score (nSPS) is 16.1. The lowest BCUT2D eigenvalue weighted by molar-refractivity contribution is 0.167. The summed E-state index contributed by atoms with van der Waals surface area (Å²) in [5.41, 5.74) is 4.01. The highest BCUT2D eigenvalue weighted by Gasteiger charge is 2.08. The standard InChI is InChI=1S/C14H22N2O/c1-2-13(17)10-15-9-11-5-6-14-12(8-11)4-3-7-16-14/h5-6,8,13,15-17H,2-4,7,9-10H2,1H3. The van der Waals surface area contributed by atoms with Gasteiger partial charge in [0, 0.05) is 25.3 Å². The van der Waals surface area contributed by atoms with E-state index in [1.807, 2.05) is 6.92 Å². The van der Waals surface area contributed by atoms with Crippen molar-refractivity contribution in [2.24, 2.45) is 0 Å². The zero-order valence-electron chi connectivity index (χ0n) is 10.5. The summed E-state index contributed by atoms with van der Waals surface area (Å²) in [7, 11) is 0. The smallest absolute Gasteiger partial charge is 0.0662 e. The number of anilines is 1. The Morgan fingerprint density at radius 1 is 1.47 bits per heavy atom. The highest BCUT2D eigenvalue weighted by atomic mass is 16.3. The van der Waals surface area contributed by atoms with Crippen molar-refractivity contribution in [1.82, 2.24) is 5.32 Å². The lowest BCUT2D eigenvalue weighted by Gasteiger charge is -2.19. The maximum Gasteiger partial charge on any atom is 0.0662 e. The van der Waals surface area contributed by atoms with Gasteiger partial charge in [-0.05, 0) is 36.5 Å². The molecule has 1 aromatic rings. The monoisotopic (exact) mass is 234 g/mol. The van der Waals surface area contributed by atoms with Crippen LogP contribution >= 0.6 is 0 Å². The first-order chi connectivity index (χ1) is 8.29. The van der Waals surface area contributed by atoms with Gasteiger partial charge in [0.05, 0.1) is 6.10 Å². The lowest BCUT2D eigenvalue weighted by atomic mass is 10.0. The molecule has 1 aliphatic heterocycles. The topological polar surface area (TPSA) is 44.3 Å². The van der Waals surface area contributed by atoms with Crippen LogP contribution in [0.25, 0.3) is 0 Å². The Morgan fingerprint density at radius 2 is 2.35 bits per heavy atom. The highest BCUT2D eigenvalue weighted by Crippen LogP contribution is 2.22. The molecule has 0 aromatic heterocycles. The first kappa shape index (κ1) is 12.4. The fourth-order valence-electron chi connectivity index (χ4n) is 2.17. The molecule has 0 saturated heterocycles. The molecule has 2 rings (SSSR count). The van der Waals surface area contributed by atoms with Gasteiger partial charge >= 0.3 is 0 Å². The number of hydrogen-bond acceptors (Lipinski definition) is 3. The van der Waals surface area contributed by atoms with Crippen LogP contribution in [0.1, 0.15) is 30.9 Å². The van der Waals surface area contributed by atoms with Gasteiger partial charge < -0.3 is 15.7 Å². The molecule has 1 aromatic carbocycles. The molecule has 0 aliphatic carbocycles. The third-order valence-corrected chi connectivity index (χ3v) is 3.29. The molecule has 1 atom stereocenters. The molecule has 3 nitrogen and oxygen atoms in total. The van der Waals surface area contributed by atoms with Gasteiger partial charge in [0.1, 0.15) is 0 Å². The number of benzene rings is 1. The summed E-state index contributed by atoms with van der Waals surface area (Å²) in [5, 5.41) is 16.2. The summed E-state index contributed by atoms with van der Waals surface area (Å²) >= 11 is 0. The van der Waals surface area contributed by atoms with E-state index < -0.39 is 0 Å². The maximum absolute atomic E-state index is 9.46. The molecular weight excluding hydrogens is 212 g/mol. The molecule has 3 heteroatoms. The molecule has 0 bridgehead atoms. The van der Waals surface area contributed by atoms with Gasteiger partial charge in [-0.15, -0.1) is 0 Å². The SMILES string of the molecule is CCC(O)CNCc1ccc2c(c1)CCCN2. The number of aliphatic hydroxyl groups excluding tert-OH is 1.